The third-order valence-electron chi connectivity index (χ3n) is 3.03. The first kappa shape index (κ1) is 13.8. The molecule has 0 bridgehead atoms. The molecule has 1 aromatic heterocycles. The smallest absolute Gasteiger partial charge is 0.220 e. The second kappa shape index (κ2) is 7.12. The third kappa shape index (κ3) is 4.23. The number of amides is 1. The first-order valence-electron chi connectivity index (χ1n) is 6.14. The fourth-order valence-corrected chi connectivity index (χ4v) is 1.79. The number of rotatable bonds is 7. The topological polar surface area (TPSA) is 62.5 Å². The zero-order valence-electron chi connectivity index (χ0n) is 10.5. The van der Waals surface area contributed by atoms with Crippen LogP contribution in [0, 0.1) is 5.92 Å². The van der Waals surface area contributed by atoms with Crippen LogP contribution in [-0.2, 0) is 4.79 Å². The Kier molecular flexibility index (Phi) is 5.77. The molecule has 4 heteroatoms. The molecule has 1 aromatic rings. The minimum absolute atomic E-state index is 0.0332. The van der Waals surface area contributed by atoms with Gasteiger partial charge in [-0.15, -0.1) is 0 Å². The summed E-state index contributed by atoms with van der Waals surface area (Å²) >= 11 is 0. The lowest BCUT2D eigenvalue weighted by molar-refractivity contribution is -0.123. The van der Waals surface area contributed by atoms with Crippen LogP contribution in [0.25, 0.3) is 0 Å². The van der Waals surface area contributed by atoms with Crippen LogP contribution in [0.15, 0.2) is 22.8 Å². The number of furan rings is 1. The molecule has 1 heterocycles. The van der Waals surface area contributed by atoms with E-state index in [0.29, 0.717) is 18.1 Å². The van der Waals surface area contributed by atoms with Crippen molar-refractivity contribution in [3.8, 4) is 0 Å². The molecule has 0 aliphatic rings. The summed E-state index contributed by atoms with van der Waals surface area (Å²) < 4.78 is 5.17. The Bertz CT molecular complexity index is 317. The Morgan fingerprint density at radius 1 is 1.47 bits per heavy atom. The largest absolute Gasteiger partial charge is 0.467 e. The lowest BCUT2D eigenvalue weighted by Gasteiger charge is -2.16. The van der Waals surface area contributed by atoms with E-state index >= 15 is 0 Å². The summed E-state index contributed by atoms with van der Waals surface area (Å²) in [5.74, 6) is 0.963. The van der Waals surface area contributed by atoms with E-state index in [-0.39, 0.29) is 12.5 Å². The predicted octanol–water partition coefficient (Wildman–Crippen LogP) is 2.26. The van der Waals surface area contributed by atoms with Gasteiger partial charge >= 0.3 is 0 Å². The second-order valence-corrected chi connectivity index (χ2v) is 4.20. The standard InChI is InChI=1S/C13H21NO3/c1-3-10(4-2)8-13(16)14-11(9-15)12-6-5-7-17-12/h5-7,10-11,15H,3-4,8-9H2,1-2H3,(H,14,16). The molecule has 1 rings (SSSR count). The van der Waals surface area contributed by atoms with Gasteiger partial charge < -0.3 is 14.8 Å². The van der Waals surface area contributed by atoms with Crippen molar-refractivity contribution in [2.75, 3.05) is 6.61 Å². The van der Waals surface area contributed by atoms with Crippen molar-refractivity contribution in [3.05, 3.63) is 24.2 Å². The van der Waals surface area contributed by atoms with E-state index in [1.807, 2.05) is 0 Å². The van der Waals surface area contributed by atoms with Crippen LogP contribution in [0.1, 0.15) is 44.9 Å². The van der Waals surface area contributed by atoms with Gasteiger partial charge in [-0.25, -0.2) is 0 Å². The van der Waals surface area contributed by atoms with Crippen LogP contribution in [0.5, 0.6) is 0 Å². The SMILES string of the molecule is CCC(CC)CC(=O)NC(CO)c1ccco1. The first-order chi connectivity index (χ1) is 8.21. The van der Waals surface area contributed by atoms with Crippen molar-refractivity contribution in [3.63, 3.8) is 0 Å². The molecular weight excluding hydrogens is 218 g/mol. The van der Waals surface area contributed by atoms with E-state index < -0.39 is 6.04 Å². The molecule has 1 atom stereocenters. The number of carbonyl (C=O) groups is 1. The highest BCUT2D eigenvalue weighted by atomic mass is 16.3. The minimum Gasteiger partial charge on any atom is -0.467 e. The average molecular weight is 239 g/mol. The summed E-state index contributed by atoms with van der Waals surface area (Å²) in [4.78, 5) is 11.8. The fraction of sp³-hybridized carbons (Fsp3) is 0.615. The van der Waals surface area contributed by atoms with Crippen molar-refractivity contribution < 1.29 is 14.3 Å². The number of hydrogen-bond donors (Lipinski definition) is 2. The molecule has 0 aromatic carbocycles. The monoisotopic (exact) mass is 239 g/mol. The van der Waals surface area contributed by atoms with Gasteiger partial charge in [-0.1, -0.05) is 26.7 Å². The van der Waals surface area contributed by atoms with E-state index in [9.17, 15) is 9.90 Å². The zero-order valence-corrected chi connectivity index (χ0v) is 10.5. The van der Waals surface area contributed by atoms with Gasteiger partial charge in [-0.05, 0) is 18.1 Å². The predicted molar refractivity (Wildman–Crippen MR) is 65.4 cm³/mol. The average Bonchev–Trinajstić information content (AvgIpc) is 2.86. The van der Waals surface area contributed by atoms with Crippen molar-refractivity contribution >= 4 is 5.91 Å². The Balaban J connectivity index is 2.49. The summed E-state index contributed by atoms with van der Waals surface area (Å²) in [6.07, 6.45) is 4.03. The Labute approximate surface area is 102 Å². The van der Waals surface area contributed by atoms with Crippen molar-refractivity contribution in [1.82, 2.24) is 5.32 Å². The highest BCUT2D eigenvalue weighted by Gasteiger charge is 2.17. The molecule has 4 nitrogen and oxygen atoms in total. The number of hydrogen-bond acceptors (Lipinski definition) is 3. The van der Waals surface area contributed by atoms with Gasteiger partial charge in [-0.3, -0.25) is 4.79 Å². The quantitative estimate of drug-likeness (QED) is 0.767. The highest BCUT2D eigenvalue weighted by Crippen LogP contribution is 2.16. The van der Waals surface area contributed by atoms with E-state index in [0.717, 1.165) is 12.8 Å². The van der Waals surface area contributed by atoms with Crippen molar-refractivity contribution in [1.29, 1.82) is 0 Å². The van der Waals surface area contributed by atoms with Crippen LogP contribution in [0.3, 0.4) is 0 Å². The van der Waals surface area contributed by atoms with Gasteiger partial charge in [0, 0.05) is 6.42 Å². The lowest BCUT2D eigenvalue weighted by atomic mass is 9.99. The second-order valence-electron chi connectivity index (χ2n) is 4.20. The lowest BCUT2D eigenvalue weighted by Crippen LogP contribution is -2.31. The molecule has 0 radical (unpaired) electrons. The molecule has 96 valence electrons. The van der Waals surface area contributed by atoms with Crippen molar-refractivity contribution in [2.24, 2.45) is 5.92 Å². The van der Waals surface area contributed by atoms with Gasteiger partial charge in [0.15, 0.2) is 0 Å². The van der Waals surface area contributed by atoms with E-state index in [1.165, 1.54) is 6.26 Å². The molecule has 0 saturated heterocycles. The Morgan fingerprint density at radius 3 is 2.65 bits per heavy atom. The summed E-state index contributed by atoms with van der Waals surface area (Å²) in [7, 11) is 0. The van der Waals surface area contributed by atoms with Crippen LogP contribution in [0.2, 0.25) is 0 Å². The maximum Gasteiger partial charge on any atom is 0.220 e. The molecule has 0 aliphatic heterocycles. The molecule has 0 spiro atoms. The number of aliphatic hydroxyl groups is 1. The van der Waals surface area contributed by atoms with Gasteiger partial charge in [-0.2, -0.15) is 0 Å². The first-order valence-corrected chi connectivity index (χ1v) is 6.14. The maximum absolute atomic E-state index is 11.8. The molecule has 1 amide bonds. The van der Waals surface area contributed by atoms with E-state index in [1.54, 1.807) is 12.1 Å². The summed E-state index contributed by atoms with van der Waals surface area (Å²) in [6.45, 7) is 4.01. The van der Waals surface area contributed by atoms with Crippen LogP contribution >= 0.6 is 0 Å². The molecule has 17 heavy (non-hydrogen) atoms. The molecular formula is C13H21NO3. The molecule has 0 saturated carbocycles. The van der Waals surface area contributed by atoms with E-state index in [2.05, 4.69) is 19.2 Å². The fourth-order valence-electron chi connectivity index (χ4n) is 1.79. The maximum atomic E-state index is 11.8. The highest BCUT2D eigenvalue weighted by molar-refractivity contribution is 5.76. The number of carbonyl (C=O) groups excluding carboxylic acids is 1. The van der Waals surface area contributed by atoms with Crippen LogP contribution in [0.4, 0.5) is 0 Å². The van der Waals surface area contributed by atoms with Gasteiger partial charge in [0.2, 0.25) is 5.91 Å². The third-order valence-corrected chi connectivity index (χ3v) is 3.03. The summed E-state index contributed by atoms with van der Waals surface area (Å²) in [5, 5.41) is 12.0. The minimum atomic E-state index is -0.438. The summed E-state index contributed by atoms with van der Waals surface area (Å²) in [6, 6.07) is 3.05. The van der Waals surface area contributed by atoms with Gasteiger partial charge in [0.05, 0.1) is 12.9 Å². The molecule has 0 fully saturated rings. The Morgan fingerprint density at radius 2 is 2.18 bits per heavy atom. The van der Waals surface area contributed by atoms with Crippen LogP contribution < -0.4 is 5.32 Å². The van der Waals surface area contributed by atoms with E-state index in [4.69, 9.17) is 4.42 Å². The summed E-state index contributed by atoms with van der Waals surface area (Å²) in [5.41, 5.74) is 0. The van der Waals surface area contributed by atoms with Crippen molar-refractivity contribution in [2.45, 2.75) is 39.2 Å². The molecule has 0 aliphatic carbocycles. The number of nitrogens with one attached hydrogen (secondary N) is 1. The normalized spacial score (nSPS) is 12.7. The van der Waals surface area contributed by atoms with Gasteiger partial charge in [0.25, 0.3) is 0 Å². The van der Waals surface area contributed by atoms with Crippen LogP contribution in [-0.4, -0.2) is 17.6 Å². The Hall–Kier alpha value is -1.29. The zero-order chi connectivity index (χ0) is 12.7. The molecule has 1 unspecified atom stereocenters. The molecule has 2 N–H and O–H groups in total. The number of aliphatic hydroxyl groups excluding tert-OH is 1. The van der Waals surface area contributed by atoms with Gasteiger partial charge in [0.1, 0.15) is 11.8 Å².